The van der Waals surface area contributed by atoms with Crippen LogP contribution in [0.2, 0.25) is 0 Å². The molecule has 0 amide bonds. The summed E-state index contributed by atoms with van der Waals surface area (Å²) in [4.78, 5) is 20.3. The normalized spacial score (nSPS) is 16.5. The molecule has 1 aliphatic carbocycles. The van der Waals surface area contributed by atoms with Gasteiger partial charge in [-0.2, -0.15) is 0 Å². The number of carboxylic acids is 1. The Morgan fingerprint density at radius 2 is 1.78 bits per heavy atom. The Kier molecular flexibility index (Phi) is 6.08. The van der Waals surface area contributed by atoms with Crippen LogP contribution >= 0.6 is 0 Å². The minimum atomic E-state index is -1.41. The second-order valence-electron chi connectivity index (χ2n) is 4.33. The number of aliphatic hydroxyl groups excluding tert-OH is 1. The predicted molar refractivity (Wildman–Crippen MR) is 67.1 cm³/mol. The average molecular weight is 250 g/mol. The molecule has 1 unspecified atom stereocenters. The van der Waals surface area contributed by atoms with Gasteiger partial charge < -0.3 is 15.0 Å². The molecule has 0 radical (unpaired) electrons. The lowest BCUT2D eigenvalue weighted by atomic mass is 10.1. The molecule has 18 heavy (non-hydrogen) atoms. The summed E-state index contributed by atoms with van der Waals surface area (Å²) in [6.07, 6.45) is 4.50. The molecule has 1 atom stereocenters. The number of aliphatic hydroxyl groups is 1. The van der Waals surface area contributed by atoms with E-state index >= 15 is 0 Å². The summed E-state index contributed by atoms with van der Waals surface area (Å²) < 4.78 is 0. The Balaban J connectivity index is 0.000000199. The third-order valence-corrected chi connectivity index (χ3v) is 2.94. The van der Waals surface area contributed by atoms with E-state index in [1.807, 2.05) is 0 Å². The van der Waals surface area contributed by atoms with Gasteiger partial charge in [0.05, 0.1) is 0 Å². The number of carbonyl (C=O) groups is 2. The van der Waals surface area contributed by atoms with Crippen LogP contribution in [0, 0.1) is 5.92 Å². The first-order valence-electron chi connectivity index (χ1n) is 6.06. The first-order chi connectivity index (χ1) is 8.65. The minimum absolute atomic E-state index is 0.403. The van der Waals surface area contributed by atoms with Crippen molar-refractivity contribution in [1.82, 2.24) is 0 Å². The van der Waals surface area contributed by atoms with Crippen molar-refractivity contribution in [2.24, 2.45) is 5.92 Å². The van der Waals surface area contributed by atoms with Gasteiger partial charge in [0.15, 0.2) is 6.10 Å². The van der Waals surface area contributed by atoms with E-state index in [0.717, 1.165) is 19.1 Å². The van der Waals surface area contributed by atoms with Gasteiger partial charge in [0, 0.05) is 5.92 Å². The molecule has 1 saturated carbocycles. The zero-order chi connectivity index (χ0) is 13.4. The van der Waals surface area contributed by atoms with Crippen LogP contribution in [-0.4, -0.2) is 22.5 Å². The molecule has 0 aliphatic heterocycles. The van der Waals surface area contributed by atoms with Gasteiger partial charge in [0.2, 0.25) is 0 Å². The summed E-state index contributed by atoms with van der Waals surface area (Å²) in [7, 11) is 0. The van der Waals surface area contributed by atoms with E-state index in [2.05, 4.69) is 0 Å². The number of aliphatic carboxylic acids is 1. The number of carboxylic acid groups (broad SMARTS) is 1. The lowest BCUT2D eigenvalue weighted by molar-refractivity contribution is -0.146. The maximum atomic E-state index is 10.2. The highest BCUT2D eigenvalue weighted by molar-refractivity contribution is 5.73. The smallest absolute Gasteiger partial charge is 0.337 e. The number of rotatable bonds is 3. The van der Waals surface area contributed by atoms with E-state index in [4.69, 9.17) is 10.2 Å². The molecule has 1 fully saturated rings. The standard InChI is InChI=1S/C8H8O3.C6H10O/c9-7(8(10)11)6-4-2-1-3-5-6;7-5-6-3-1-2-4-6/h1-5,7,9H,(H,10,11);5-6H,1-4H2. The molecule has 0 saturated heterocycles. The molecule has 4 heteroatoms. The van der Waals surface area contributed by atoms with Gasteiger partial charge in [0.25, 0.3) is 0 Å². The van der Waals surface area contributed by atoms with Crippen molar-refractivity contribution in [2.45, 2.75) is 31.8 Å². The van der Waals surface area contributed by atoms with Crippen molar-refractivity contribution in [3.8, 4) is 0 Å². The molecule has 1 aromatic carbocycles. The van der Waals surface area contributed by atoms with Crippen LogP contribution in [-0.2, 0) is 9.59 Å². The molecular formula is C14H18O4. The maximum Gasteiger partial charge on any atom is 0.337 e. The molecular weight excluding hydrogens is 232 g/mol. The van der Waals surface area contributed by atoms with Crippen LogP contribution in [0.15, 0.2) is 30.3 Å². The third kappa shape index (κ3) is 4.67. The summed E-state index contributed by atoms with van der Waals surface area (Å²) in [5, 5.41) is 17.4. The van der Waals surface area contributed by atoms with E-state index < -0.39 is 12.1 Å². The second kappa shape index (κ2) is 7.61. The molecule has 0 heterocycles. The Morgan fingerprint density at radius 1 is 1.22 bits per heavy atom. The van der Waals surface area contributed by atoms with E-state index in [1.54, 1.807) is 30.3 Å². The summed E-state index contributed by atoms with van der Waals surface area (Å²) in [5.74, 6) is -0.809. The van der Waals surface area contributed by atoms with Gasteiger partial charge in [-0.25, -0.2) is 4.79 Å². The van der Waals surface area contributed by atoms with Gasteiger partial charge in [-0.15, -0.1) is 0 Å². The Bertz CT molecular complexity index is 369. The van der Waals surface area contributed by atoms with Crippen LogP contribution in [0.1, 0.15) is 37.4 Å². The summed E-state index contributed by atoms with van der Waals surface area (Å²) in [6, 6.07) is 8.26. The summed E-state index contributed by atoms with van der Waals surface area (Å²) in [5.41, 5.74) is 0.403. The molecule has 1 aromatic rings. The number of hydrogen-bond donors (Lipinski definition) is 2. The highest BCUT2D eigenvalue weighted by atomic mass is 16.4. The lowest BCUT2D eigenvalue weighted by Crippen LogP contribution is -2.09. The minimum Gasteiger partial charge on any atom is -0.479 e. The highest BCUT2D eigenvalue weighted by Gasteiger charge is 2.14. The van der Waals surface area contributed by atoms with Gasteiger partial charge in [-0.1, -0.05) is 43.2 Å². The molecule has 0 bridgehead atoms. The van der Waals surface area contributed by atoms with Gasteiger partial charge in [-0.3, -0.25) is 0 Å². The highest BCUT2D eigenvalue weighted by Crippen LogP contribution is 2.21. The van der Waals surface area contributed by atoms with Crippen molar-refractivity contribution in [3.63, 3.8) is 0 Å². The predicted octanol–water partition coefficient (Wildman–Crippen LogP) is 2.18. The fourth-order valence-electron chi connectivity index (χ4n) is 1.87. The van der Waals surface area contributed by atoms with Crippen LogP contribution in [0.5, 0.6) is 0 Å². The van der Waals surface area contributed by atoms with Crippen LogP contribution in [0.25, 0.3) is 0 Å². The summed E-state index contributed by atoms with van der Waals surface area (Å²) in [6.45, 7) is 0. The lowest BCUT2D eigenvalue weighted by Gasteiger charge is -2.03. The molecule has 1 aliphatic rings. The number of aldehydes is 1. The molecule has 0 aromatic heterocycles. The fourth-order valence-corrected chi connectivity index (χ4v) is 1.87. The molecule has 2 N–H and O–H groups in total. The van der Waals surface area contributed by atoms with E-state index in [1.165, 1.54) is 12.8 Å². The topological polar surface area (TPSA) is 74.6 Å². The monoisotopic (exact) mass is 250 g/mol. The Hall–Kier alpha value is -1.68. The van der Waals surface area contributed by atoms with Gasteiger partial charge in [-0.05, 0) is 18.4 Å². The second-order valence-corrected chi connectivity index (χ2v) is 4.33. The van der Waals surface area contributed by atoms with Crippen LogP contribution in [0.4, 0.5) is 0 Å². The first-order valence-corrected chi connectivity index (χ1v) is 6.06. The fraction of sp³-hybridized carbons (Fsp3) is 0.429. The van der Waals surface area contributed by atoms with E-state index in [-0.39, 0.29) is 0 Å². The van der Waals surface area contributed by atoms with Gasteiger partial charge in [0.1, 0.15) is 6.29 Å². The van der Waals surface area contributed by atoms with Crippen molar-refractivity contribution < 1.29 is 19.8 Å². The largest absolute Gasteiger partial charge is 0.479 e. The van der Waals surface area contributed by atoms with Crippen LogP contribution in [0.3, 0.4) is 0 Å². The van der Waals surface area contributed by atoms with Crippen molar-refractivity contribution in [2.75, 3.05) is 0 Å². The molecule has 0 spiro atoms. The van der Waals surface area contributed by atoms with Crippen LogP contribution < -0.4 is 0 Å². The van der Waals surface area contributed by atoms with Gasteiger partial charge >= 0.3 is 5.97 Å². The Morgan fingerprint density at radius 3 is 2.17 bits per heavy atom. The zero-order valence-electron chi connectivity index (χ0n) is 10.2. The molecule has 98 valence electrons. The van der Waals surface area contributed by atoms with Crippen molar-refractivity contribution in [1.29, 1.82) is 0 Å². The SMILES string of the molecule is O=C(O)C(O)c1ccccc1.O=CC1CCCC1. The van der Waals surface area contributed by atoms with E-state index in [0.29, 0.717) is 11.5 Å². The average Bonchev–Trinajstić information content (AvgIpc) is 2.92. The first kappa shape index (κ1) is 14.4. The Labute approximate surface area is 106 Å². The third-order valence-electron chi connectivity index (χ3n) is 2.94. The number of benzene rings is 1. The van der Waals surface area contributed by atoms with Crippen molar-refractivity contribution in [3.05, 3.63) is 35.9 Å². The van der Waals surface area contributed by atoms with Crippen molar-refractivity contribution >= 4 is 12.3 Å². The number of carbonyl (C=O) groups excluding carboxylic acids is 1. The molecule has 4 nitrogen and oxygen atoms in total. The summed E-state index contributed by atoms with van der Waals surface area (Å²) >= 11 is 0. The number of hydrogen-bond acceptors (Lipinski definition) is 3. The maximum absolute atomic E-state index is 10.2. The quantitative estimate of drug-likeness (QED) is 0.806. The van der Waals surface area contributed by atoms with E-state index in [9.17, 15) is 9.59 Å². The molecule has 2 rings (SSSR count). The zero-order valence-corrected chi connectivity index (χ0v) is 10.2.